The predicted octanol–water partition coefficient (Wildman–Crippen LogP) is 2.37. The Morgan fingerprint density at radius 1 is 1.39 bits per heavy atom. The van der Waals surface area contributed by atoms with E-state index in [2.05, 4.69) is 21.0 Å². The number of nitrogens with zero attached hydrogens (tertiary/aromatic N) is 3. The summed E-state index contributed by atoms with van der Waals surface area (Å²) in [5, 5.41) is 13.4. The van der Waals surface area contributed by atoms with Crippen LogP contribution >= 0.6 is 15.9 Å². The van der Waals surface area contributed by atoms with Crippen LogP contribution in [0, 0.1) is 0 Å². The Bertz CT molecular complexity index is 724. The fourth-order valence-electron chi connectivity index (χ4n) is 2.74. The van der Waals surface area contributed by atoms with Crippen molar-refractivity contribution in [3.63, 3.8) is 0 Å². The summed E-state index contributed by atoms with van der Waals surface area (Å²) in [6, 6.07) is 2.53. The number of furan rings is 1. The van der Waals surface area contributed by atoms with Gasteiger partial charge in [-0.05, 0) is 47.3 Å². The highest BCUT2D eigenvalue weighted by molar-refractivity contribution is 9.10. The summed E-state index contributed by atoms with van der Waals surface area (Å²) in [4.78, 5) is 25.2. The summed E-state index contributed by atoms with van der Waals surface area (Å²) in [7, 11) is 0. The number of piperidine rings is 1. The maximum atomic E-state index is 12.5. The molecular weight excluding hydrogens is 366 g/mol. The van der Waals surface area contributed by atoms with Crippen LogP contribution in [-0.2, 0) is 11.3 Å². The van der Waals surface area contributed by atoms with Crippen LogP contribution in [0.3, 0.4) is 0 Å². The van der Waals surface area contributed by atoms with Gasteiger partial charge in [-0.2, -0.15) is 5.10 Å². The number of aliphatic carboxylic acids is 1. The molecule has 2 aromatic heterocycles. The Kier molecular flexibility index (Phi) is 4.51. The van der Waals surface area contributed by atoms with Gasteiger partial charge in [-0.1, -0.05) is 0 Å². The van der Waals surface area contributed by atoms with Crippen LogP contribution in [0.25, 0.3) is 0 Å². The lowest BCUT2D eigenvalue weighted by Gasteiger charge is -2.32. The number of halogens is 1. The van der Waals surface area contributed by atoms with Crippen LogP contribution in [0.4, 0.5) is 0 Å². The number of amides is 1. The summed E-state index contributed by atoms with van der Waals surface area (Å²) in [5.41, 5.74) is 0. The first-order valence-corrected chi connectivity index (χ1v) is 8.14. The Morgan fingerprint density at radius 2 is 2.22 bits per heavy atom. The maximum Gasteiger partial charge on any atom is 0.326 e. The van der Waals surface area contributed by atoms with Crippen LogP contribution in [0.1, 0.15) is 35.6 Å². The quantitative estimate of drug-likeness (QED) is 0.877. The lowest BCUT2D eigenvalue weighted by Crippen LogP contribution is -2.47. The van der Waals surface area contributed by atoms with Gasteiger partial charge in [-0.3, -0.25) is 9.48 Å². The van der Waals surface area contributed by atoms with Crippen LogP contribution < -0.4 is 0 Å². The lowest BCUT2D eigenvalue weighted by molar-refractivity contribution is -0.143. The molecule has 1 aliphatic heterocycles. The Labute approximate surface area is 141 Å². The highest BCUT2D eigenvalue weighted by Crippen LogP contribution is 2.21. The second-order valence-corrected chi connectivity index (χ2v) is 6.39. The molecule has 1 N–H and O–H groups in total. The van der Waals surface area contributed by atoms with E-state index in [-0.39, 0.29) is 11.7 Å². The van der Waals surface area contributed by atoms with Gasteiger partial charge in [0.2, 0.25) is 0 Å². The number of likely N-dealkylation sites (tertiary alicyclic amines) is 1. The van der Waals surface area contributed by atoms with Gasteiger partial charge in [-0.15, -0.1) is 0 Å². The molecule has 0 spiro atoms. The average molecular weight is 382 g/mol. The van der Waals surface area contributed by atoms with E-state index in [0.717, 1.165) is 17.3 Å². The minimum atomic E-state index is -0.966. The van der Waals surface area contributed by atoms with Gasteiger partial charge in [0.1, 0.15) is 11.8 Å². The van der Waals surface area contributed by atoms with Crippen LogP contribution in [-0.4, -0.2) is 44.3 Å². The molecule has 23 heavy (non-hydrogen) atoms. The van der Waals surface area contributed by atoms with Crippen molar-refractivity contribution in [2.24, 2.45) is 0 Å². The average Bonchev–Trinajstić information content (AvgIpc) is 3.16. The van der Waals surface area contributed by atoms with E-state index >= 15 is 0 Å². The van der Waals surface area contributed by atoms with E-state index in [4.69, 9.17) is 4.42 Å². The van der Waals surface area contributed by atoms with Crippen LogP contribution in [0.15, 0.2) is 33.4 Å². The summed E-state index contributed by atoms with van der Waals surface area (Å²) < 4.78 is 8.12. The molecule has 3 heterocycles. The molecule has 0 radical (unpaired) electrons. The molecule has 0 aromatic carbocycles. The highest BCUT2D eigenvalue weighted by atomic mass is 79.9. The summed E-state index contributed by atoms with van der Waals surface area (Å²) >= 11 is 3.32. The zero-order valence-electron chi connectivity index (χ0n) is 12.3. The normalized spacial score (nSPS) is 18.1. The van der Waals surface area contributed by atoms with Crippen molar-refractivity contribution < 1.29 is 19.1 Å². The number of hydrogen-bond donors (Lipinski definition) is 1. The molecule has 1 fully saturated rings. The van der Waals surface area contributed by atoms with E-state index < -0.39 is 12.0 Å². The topological polar surface area (TPSA) is 88.6 Å². The highest BCUT2D eigenvalue weighted by Gasteiger charge is 2.33. The zero-order valence-corrected chi connectivity index (χ0v) is 13.9. The van der Waals surface area contributed by atoms with E-state index in [1.807, 2.05) is 0 Å². The van der Waals surface area contributed by atoms with E-state index in [0.29, 0.717) is 25.3 Å². The SMILES string of the molecule is O=C(O)[C@@H]1CCCCN1C(=O)c1ccc(Cn2cc(Br)cn2)o1. The standard InChI is InChI=1S/C15H16BrN3O4/c16-10-7-17-18(8-10)9-11-4-5-13(23-11)14(20)19-6-2-1-3-12(19)15(21)22/h4-5,7-8,12H,1-3,6,9H2,(H,21,22)/t12-/m0/s1. The minimum Gasteiger partial charge on any atom is -0.480 e. The third kappa shape index (κ3) is 3.47. The smallest absolute Gasteiger partial charge is 0.326 e. The molecule has 0 unspecified atom stereocenters. The number of rotatable bonds is 4. The molecule has 3 rings (SSSR count). The fourth-order valence-corrected chi connectivity index (χ4v) is 3.06. The second-order valence-electron chi connectivity index (χ2n) is 5.47. The van der Waals surface area contributed by atoms with Crippen molar-refractivity contribution >= 4 is 27.8 Å². The van der Waals surface area contributed by atoms with Gasteiger partial charge in [-0.25, -0.2) is 4.79 Å². The van der Waals surface area contributed by atoms with Crippen molar-refractivity contribution in [2.45, 2.75) is 31.8 Å². The number of carboxylic acids is 1. The summed E-state index contributed by atoms with van der Waals surface area (Å²) in [5.74, 6) is -0.580. The molecule has 1 atom stereocenters. The van der Waals surface area contributed by atoms with E-state index in [1.165, 1.54) is 4.90 Å². The zero-order chi connectivity index (χ0) is 16.4. The number of aromatic nitrogens is 2. The fraction of sp³-hybridized carbons (Fsp3) is 0.400. The Hall–Kier alpha value is -2.09. The monoisotopic (exact) mass is 381 g/mol. The first-order chi connectivity index (χ1) is 11.0. The van der Waals surface area contributed by atoms with Crippen molar-refractivity contribution in [2.75, 3.05) is 6.54 Å². The second kappa shape index (κ2) is 6.57. The predicted molar refractivity (Wildman–Crippen MR) is 84.0 cm³/mol. The van der Waals surface area contributed by atoms with Crippen LogP contribution in [0.5, 0.6) is 0 Å². The van der Waals surface area contributed by atoms with Crippen molar-refractivity contribution in [3.05, 3.63) is 40.5 Å². The minimum absolute atomic E-state index is 0.166. The van der Waals surface area contributed by atoms with Gasteiger partial charge in [0.15, 0.2) is 5.76 Å². The molecule has 0 bridgehead atoms. The molecule has 122 valence electrons. The first-order valence-electron chi connectivity index (χ1n) is 7.35. The molecule has 0 aliphatic carbocycles. The van der Waals surface area contributed by atoms with Crippen molar-refractivity contribution in [1.29, 1.82) is 0 Å². The molecule has 0 saturated carbocycles. The Morgan fingerprint density at radius 3 is 2.91 bits per heavy atom. The molecule has 7 nitrogen and oxygen atoms in total. The largest absolute Gasteiger partial charge is 0.480 e. The van der Waals surface area contributed by atoms with Gasteiger partial charge in [0.25, 0.3) is 5.91 Å². The van der Waals surface area contributed by atoms with Crippen molar-refractivity contribution in [1.82, 2.24) is 14.7 Å². The molecule has 2 aromatic rings. The molecule has 1 aliphatic rings. The lowest BCUT2D eigenvalue weighted by atomic mass is 10.0. The third-order valence-electron chi connectivity index (χ3n) is 3.84. The molecular formula is C15H16BrN3O4. The van der Waals surface area contributed by atoms with E-state index in [1.54, 1.807) is 29.2 Å². The summed E-state index contributed by atoms with van der Waals surface area (Å²) in [6.45, 7) is 0.846. The molecule has 1 saturated heterocycles. The first kappa shape index (κ1) is 15.8. The van der Waals surface area contributed by atoms with Crippen molar-refractivity contribution in [3.8, 4) is 0 Å². The third-order valence-corrected chi connectivity index (χ3v) is 4.25. The Balaban J connectivity index is 1.73. The maximum absolute atomic E-state index is 12.5. The summed E-state index contributed by atoms with van der Waals surface area (Å²) in [6.07, 6.45) is 5.58. The van der Waals surface area contributed by atoms with Gasteiger partial charge in [0, 0.05) is 12.7 Å². The number of hydrogen-bond acceptors (Lipinski definition) is 4. The number of carboxylic acid groups (broad SMARTS) is 1. The molecule has 1 amide bonds. The number of carbonyl (C=O) groups is 2. The van der Waals surface area contributed by atoms with Gasteiger partial charge < -0.3 is 14.4 Å². The number of carbonyl (C=O) groups excluding carboxylic acids is 1. The van der Waals surface area contributed by atoms with Crippen LogP contribution in [0.2, 0.25) is 0 Å². The van der Waals surface area contributed by atoms with E-state index in [9.17, 15) is 14.7 Å². The van der Waals surface area contributed by atoms with Gasteiger partial charge >= 0.3 is 5.97 Å². The van der Waals surface area contributed by atoms with Gasteiger partial charge in [0.05, 0.1) is 17.2 Å². The molecule has 8 heteroatoms.